The van der Waals surface area contributed by atoms with Crippen molar-refractivity contribution in [2.75, 3.05) is 11.5 Å². The molecule has 0 aliphatic carbocycles. The smallest absolute Gasteiger partial charge is 0.195 e. The van der Waals surface area contributed by atoms with E-state index < -0.39 is 9.84 Å². The van der Waals surface area contributed by atoms with Gasteiger partial charge in [-0.1, -0.05) is 6.92 Å². The summed E-state index contributed by atoms with van der Waals surface area (Å²) in [6.07, 6.45) is 1.36. The molecule has 0 saturated carbocycles. The fourth-order valence-electron chi connectivity index (χ4n) is 1.05. The van der Waals surface area contributed by atoms with Crippen molar-refractivity contribution in [1.82, 2.24) is 4.98 Å². The van der Waals surface area contributed by atoms with E-state index >= 15 is 0 Å². The van der Waals surface area contributed by atoms with Gasteiger partial charge in [-0.3, -0.25) is 0 Å². The molecule has 0 atom stereocenters. The fraction of sp³-hybridized carbons (Fsp3) is 0.375. The van der Waals surface area contributed by atoms with E-state index in [2.05, 4.69) is 4.98 Å². The van der Waals surface area contributed by atoms with Gasteiger partial charge in [0.05, 0.1) is 17.6 Å². The lowest BCUT2D eigenvalue weighted by atomic mass is 10.3. The molecule has 0 amide bonds. The summed E-state index contributed by atoms with van der Waals surface area (Å²) in [6.45, 7) is 3.28. The van der Waals surface area contributed by atoms with E-state index in [9.17, 15) is 8.42 Å². The van der Waals surface area contributed by atoms with Crippen LogP contribution in [0.3, 0.4) is 0 Å². The molecule has 0 bridgehead atoms. The maximum absolute atomic E-state index is 11.4. The predicted octanol–water partition coefficient (Wildman–Crippen LogP) is 0.766. The first kappa shape index (κ1) is 9.98. The molecule has 0 saturated heterocycles. The number of nitrogens with two attached hydrogens (primary N) is 1. The summed E-state index contributed by atoms with van der Waals surface area (Å²) >= 11 is 0. The summed E-state index contributed by atoms with van der Waals surface area (Å²) < 4.78 is 22.9. The highest BCUT2D eigenvalue weighted by Gasteiger charge is 2.15. The van der Waals surface area contributed by atoms with Gasteiger partial charge in [-0.2, -0.15) is 0 Å². The Bertz CT molecular complexity index is 412. The summed E-state index contributed by atoms with van der Waals surface area (Å²) in [4.78, 5) is 3.81. The number of nitrogens with zero attached hydrogens (tertiary/aromatic N) is 1. The van der Waals surface area contributed by atoms with E-state index in [-0.39, 0.29) is 10.8 Å². The van der Waals surface area contributed by atoms with Gasteiger partial charge in [-0.05, 0) is 18.6 Å². The average Bonchev–Trinajstić information content (AvgIpc) is 2.03. The lowest BCUT2D eigenvalue weighted by molar-refractivity contribution is 0.593. The molecule has 1 rings (SSSR count). The van der Waals surface area contributed by atoms with Gasteiger partial charge in [0.15, 0.2) is 14.9 Å². The molecule has 4 nitrogen and oxygen atoms in total. The van der Waals surface area contributed by atoms with Crippen LogP contribution in [-0.4, -0.2) is 19.2 Å². The minimum atomic E-state index is -3.21. The molecule has 0 aromatic carbocycles. The van der Waals surface area contributed by atoms with Crippen LogP contribution in [0.15, 0.2) is 17.3 Å². The van der Waals surface area contributed by atoms with E-state index in [0.29, 0.717) is 11.3 Å². The minimum absolute atomic E-state index is 0.0603. The van der Waals surface area contributed by atoms with Crippen molar-refractivity contribution in [2.24, 2.45) is 0 Å². The van der Waals surface area contributed by atoms with E-state index in [0.717, 1.165) is 0 Å². The van der Waals surface area contributed by atoms with Crippen molar-refractivity contribution in [1.29, 1.82) is 0 Å². The summed E-state index contributed by atoms with van der Waals surface area (Å²) in [7, 11) is -3.21. The number of hydrogen-bond acceptors (Lipinski definition) is 4. The first-order valence-electron chi connectivity index (χ1n) is 3.92. The Labute approximate surface area is 77.7 Å². The Morgan fingerprint density at radius 2 is 2.15 bits per heavy atom. The molecule has 0 aliphatic heterocycles. The van der Waals surface area contributed by atoms with Gasteiger partial charge in [-0.15, -0.1) is 0 Å². The van der Waals surface area contributed by atoms with Crippen molar-refractivity contribution in [2.45, 2.75) is 18.9 Å². The normalized spacial score (nSPS) is 11.5. The van der Waals surface area contributed by atoms with Crippen molar-refractivity contribution in [3.05, 3.63) is 17.8 Å². The summed E-state index contributed by atoms with van der Waals surface area (Å²) in [6, 6.07) is 1.61. The van der Waals surface area contributed by atoms with Crippen molar-refractivity contribution >= 4 is 15.5 Å². The average molecular weight is 200 g/mol. The third kappa shape index (κ3) is 1.98. The zero-order valence-electron chi connectivity index (χ0n) is 7.61. The lowest BCUT2D eigenvalue weighted by Gasteiger charge is -2.04. The van der Waals surface area contributed by atoms with Crippen molar-refractivity contribution < 1.29 is 8.42 Å². The highest BCUT2D eigenvalue weighted by molar-refractivity contribution is 7.91. The number of rotatable bonds is 2. The Morgan fingerprint density at radius 3 is 2.62 bits per heavy atom. The molecule has 0 spiro atoms. The Kier molecular flexibility index (Phi) is 2.56. The predicted molar refractivity (Wildman–Crippen MR) is 51.1 cm³/mol. The van der Waals surface area contributed by atoms with Crippen molar-refractivity contribution in [3.8, 4) is 0 Å². The molecule has 13 heavy (non-hydrogen) atoms. The maximum Gasteiger partial charge on any atom is 0.195 e. The second-order valence-corrected chi connectivity index (χ2v) is 4.99. The first-order valence-corrected chi connectivity index (χ1v) is 5.57. The third-order valence-corrected chi connectivity index (χ3v) is 3.50. The van der Waals surface area contributed by atoms with E-state index in [4.69, 9.17) is 5.73 Å². The number of aromatic nitrogens is 1. The second kappa shape index (κ2) is 3.33. The number of aryl methyl sites for hydroxylation is 1. The van der Waals surface area contributed by atoms with E-state index in [1.807, 2.05) is 0 Å². The standard InChI is InChI=1S/C8H12N2O2S/c1-3-13(11,12)8-6(2)4-7(9)5-10-8/h4-5H,3,9H2,1-2H3. The van der Waals surface area contributed by atoms with E-state index in [1.54, 1.807) is 19.9 Å². The van der Waals surface area contributed by atoms with Gasteiger partial charge >= 0.3 is 0 Å². The van der Waals surface area contributed by atoms with Crippen LogP contribution in [0.4, 0.5) is 5.69 Å². The van der Waals surface area contributed by atoms with Crippen LogP contribution in [0, 0.1) is 6.92 Å². The zero-order valence-corrected chi connectivity index (χ0v) is 8.43. The topological polar surface area (TPSA) is 73.0 Å². The molecule has 5 heteroatoms. The number of sulfone groups is 1. The molecule has 1 aromatic rings. The minimum Gasteiger partial charge on any atom is -0.397 e. The second-order valence-electron chi connectivity index (χ2n) is 2.79. The summed E-state index contributed by atoms with van der Waals surface area (Å²) in [5.41, 5.74) is 6.53. The number of nitrogen functional groups attached to an aromatic ring is 1. The maximum atomic E-state index is 11.4. The Hall–Kier alpha value is -1.10. The van der Waals surface area contributed by atoms with Crippen LogP contribution in [-0.2, 0) is 9.84 Å². The van der Waals surface area contributed by atoms with Gasteiger partial charge < -0.3 is 5.73 Å². The molecule has 0 fully saturated rings. The monoisotopic (exact) mass is 200 g/mol. The first-order chi connectivity index (χ1) is 5.97. The zero-order chi connectivity index (χ0) is 10.1. The molecule has 72 valence electrons. The molecule has 2 N–H and O–H groups in total. The molecule has 0 radical (unpaired) electrons. The number of hydrogen-bond donors (Lipinski definition) is 1. The quantitative estimate of drug-likeness (QED) is 0.765. The van der Waals surface area contributed by atoms with Crippen LogP contribution in [0.25, 0.3) is 0 Å². The lowest BCUT2D eigenvalue weighted by Crippen LogP contribution is -2.08. The van der Waals surface area contributed by atoms with Gasteiger partial charge in [0.1, 0.15) is 0 Å². The molecular formula is C8H12N2O2S. The highest BCUT2D eigenvalue weighted by atomic mass is 32.2. The molecular weight excluding hydrogens is 188 g/mol. The fourth-order valence-corrected chi connectivity index (χ4v) is 2.08. The van der Waals surface area contributed by atoms with E-state index in [1.165, 1.54) is 6.20 Å². The highest BCUT2D eigenvalue weighted by Crippen LogP contribution is 2.15. The number of pyridine rings is 1. The molecule has 1 heterocycles. The number of anilines is 1. The third-order valence-electron chi connectivity index (χ3n) is 1.73. The molecule has 0 aliphatic rings. The van der Waals surface area contributed by atoms with Crippen molar-refractivity contribution in [3.63, 3.8) is 0 Å². The van der Waals surface area contributed by atoms with Crippen LogP contribution in [0.1, 0.15) is 12.5 Å². The van der Waals surface area contributed by atoms with Crippen LogP contribution in [0.2, 0.25) is 0 Å². The van der Waals surface area contributed by atoms with Gasteiger partial charge in [0, 0.05) is 0 Å². The van der Waals surface area contributed by atoms with Gasteiger partial charge in [0.2, 0.25) is 0 Å². The summed E-state index contributed by atoms with van der Waals surface area (Å²) in [5.74, 6) is 0.0603. The Balaban J connectivity index is 3.33. The summed E-state index contributed by atoms with van der Waals surface area (Å²) in [5, 5.41) is 0.129. The van der Waals surface area contributed by atoms with Crippen LogP contribution < -0.4 is 5.73 Å². The van der Waals surface area contributed by atoms with Crippen LogP contribution >= 0.6 is 0 Å². The van der Waals surface area contributed by atoms with Gasteiger partial charge in [0.25, 0.3) is 0 Å². The molecule has 1 aromatic heterocycles. The largest absolute Gasteiger partial charge is 0.397 e. The van der Waals surface area contributed by atoms with Crippen LogP contribution in [0.5, 0.6) is 0 Å². The van der Waals surface area contributed by atoms with Gasteiger partial charge in [-0.25, -0.2) is 13.4 Å². The Morgan fingerprint density at radius 1 is 1.54 bits per heavy atom. The SMILES string of the molecule is CCS(=O)(=O)c1ncc(N)cc1C. The molecule has 0 unspecified atom stereocenters.